The third-order valence-electron chi connectivity index (χ3n) is 4.24. The van der Waals surface area contributed by atoms with Gasteiger partial charge < -0.3 is 10.6 Å². The van der Waals surface area contributed by atoms with Gasteiger partial charge in [-0.15, -0.1) is 0 Å². The summed E-state index contributed by atoms with van der Waals surface area (Å²) in [5, 5.41) is 15.6. The van der Waals surface area contributed by atoms with Crippen molar-refractivity contribution in [2.45, 2.75) is 6.54 Å². The summed E-state index contributed by atoms with van der Waals surface area (Å²) in [6.07, 6.45) is 0. The molecule has 0 saturated carbocycles. The minimum absolute atomic E-state index is 0.446. The Labute approximate surface area is 155 Å². The molecule has 136 valence electrons. The molecule has 27 heavy (non-hydrogen) atoms. The Bertz CT molecular complexity index is 1130. The maximum atomic E-state index is 11.5. The summed E-state index contributed by atoms with van der Waals surface area (Å²) in [5.41, 5.74) is 9.19. The highest BCUT2D eigenvalue weighted by Crippen LogP contribution is 2.30. The second-order valence-corrected chi connectivity index (χ2v) is 6.62. The molecule has 0 aliphatic carbocycles. The van der Waals surface area contributed by atoms with E-state index in [0.717, 1.165) is 33.5 Å². The van der Waals surface area contributed by atoms with Crippen molar-refractivity contribution in [3.05, 3.63) is 53.9 Å². The summed E-state index contributed by atoms with van der Waals surface area (Å²) in [7, 11) is 3.96. The average Bonchev–Trinajstić information content (AvgIpc) is 3.27. The number of hydrogen-bond donors (Lipinski definition) is 3. The van der Waals surface area contributed by atoms with Crippen LogP contribution in [0.5, 0.6) is 0 Å². The third kappa shape index (κ3) is 3.30. The molecule has 4 aromatic rings. The van der Waals surface area contributed by atoms with Crippen LogP contribution >= 0.6 is 0 Å². The van der Waals surface area contributed by atoms with Crippen molar-refractivity contribution in [1.29, 1.82) is 0 Å². The number of aromatic nitrogens is 5. The maximum Gasteiger partial charge on any atom is 0.248 e. The summed E-state index contributed by atoms with van der Waals surface area (Å²) < 4.78 is 0. The summed E-state index contributed by atoms with van der Waals surface area (Å²) in [4.78, 5) is 18.0. The first-order valence-electron chi connectivity index (χ1n) is 8.46. The van der Waals surface area contributed by atoms with Crippen molar-refractivity contribution in [2.24, 2.45) is 5.73 Å². The zero-order valence-electron chi connectivity index (χ0n) is 15.0. The number of rotatable bonds is 5. The highest BCUT2D eigenvalue weighted by Gasteiger charge is 2.13. The molecule has 0 aliphatic heterocycles. The van der Waals surface area contributed by atoms with E-state index in [9.17, 15) is 4.79 Å². The molecule has 0 radical (unpaired) electrons. The number of carbonyl (C=O) groups excluding carboxylic acids is 1. The molecule has 0 unspecified atom stereocenters. The zero-order chi connectivity index (χ0) is 19.0. The van der Waals surface area contributed by atoms with E-state index < -0.39 is 5.91 Å². The van der Waals surface area contributed by atoms with Gasteiger partial charge in [0.25, 0.3) is 0 Å². The van der Waals surface area contributed by atoms with Gasteiger partial charge in [0.1, 0.15) is 5.82 Å². The van der Waals surface area contributed by atoms with E-state index in [2.05, 4.69) is 25.4 Å². The summed E-state index contributed by atoms with van der Waals surface area (Å²) in [6.45, 7) is 0.687. The zero-order valence-corrected chi connectivity index (χ0v) is 15.0. The van der Waals surface area contributed by atoms with E-state index in [1.54, 1.807) is 18.2 Å². The lowest BCUT2D eigenvalue weighted by atomic mass is 10.0. The van der Waals surface area contributed by atoms with Gasteiger partial charge in [-0.05, 0) is 44.4 Å². The molecule has 0 bridgehead atoms. The van der Waals surface area contributed by atoms with Crippen LogP contribution in [0.4, 0.5) is 0 Å². The van der Waals surface area contributed by atoms with Gasteiger partial charge >= 0.3 is 0 Å². The lowest BCUT2D eigenvalue weighted by Gasteiger charge is -2.04. The largest absolute Gasteiger partial charge is 0.366 e. The van der Waals surface area contributed by atoms with Gasteiger partial charge in [0, 0.05) is 22.1 Å². The molecule has 2 heterocycles. The molecular formula is C19H19N7O. The van der Waals surface area contributed by atoms with E-state index in [1.807, 2.05) is 43.3 Å². The summed E-state index contributed by atoms with van der Waals surface area (Å²) in [5.74, 6) is 0.968. The highest BCUT2D eigenvalue weighted by molar-refractivity contribution is 5.98. The average molecular weight is 361 g/mol. The number of H-pyrrole nitrogens is 2. The minimum atomic E-state index is -0.466. The van der Waals surface area contributed by atoms with Crippen LogP contribution in [-0.4, -0.2) is 50.3 Å². The number of aromatic amines is 2. The molecule has 8 nitrogen and oxygen atoms in total. The van der Waals surface area contributed by atoms with Crippen LogP contribution in [0.1, 0.15) is 16.2 Å². The Morgan fingerprint density at radius 3 is 2.70 bits per heavy atom. The predicted molar refractivity (Wildman–Crippen MR) is 103 cm³/mol. The number of nitrogens with one attached hydrogen (secondary N) is 2. The van der Waals surface area contributed by atoms with Crippen molar-refractivity contribution in [1.82, 2.24) is 30.3 Å². The van der Waals surface area contributed by atoms with Crippen LogP contribution < -0.4 is 5.73 Å². The van der Waals surface area contributed by atoms with Crippen LogP contribution in [0.2, 0.25) is 0 Å². The van der Waals surface area contributed by atoms with Crippen molar-refractivity contribution in [2.75, 3.05) is 14.1 Å². The minimum Gasteiger partial charge on any atom is -0.366 e. The number of hydrogen-bond acceptors (Lipinski definition) is 5. The topological polar surface area (TPSA) is 117 Å². The number of nitrogens with zero attached hydrogens (tertiary/aromatic N) is 4. The van der Waals surface area contributed by atoms with Gasteiger partial charge in [-0.3, -0.25) is 15.0 Å². The molecule has 0 aliphatic rings. The van der Waals surface area contributed by atoms with Crippen LogP contribution in [0.15, 0.2) is 42.5 Å². The number of fused-ring (bicyclic) bond motifs is 1. The van der Waals surface area contributed by atoms with E-state index >= 15 is 0 Å². The van der Waals surface area contributed by atoms with E-state index in [-0.39, 0.29) is 0 Å². The summed E-state index contributed by atoms with van der Waals surface area (Å²) in [6, 6.07) is 13.0. The number of nitrogens with two attached hydrogens (primary N) is 1. The van der Waals surface area contributed by atoms with Gasteiger partial charge in [0.2, 0.25) is 5.91 Å². The number of primary amides is 1. The highest BCUT2D eigenvalue weighted by atomic mass is 16.1. The fraction of sp³-hybridized carbons (Fsp3) is 0.158. The molecule has 0 spiro atoms. The molecule has 2 aromatic heterocycles. The first-order valence-corrected chi connectivity index (χ1v) is 8.46. The molecule has 0 atom stereocenters. The van der Waals surface area contributed by atoms with Gasteiger partial charge in [-0.1, -0.05) is 12.1 Å². The number of benzene rings is 2. The SMILES string of the molecule is CN(C)Cc1nc(-c2ccc3[nH]nc(-c4cccc(C(N)=O)c4)c3c2)n[nH]1. The standard InChI is InChI=1S/C19H19N7O/c1-26(2)10-16-21-19(25-23-16)13-6-7-15-14(9-13)17(24-22-15)11-4-3-5-12(8-11)18(20)27/h3-9H,10H2,1-2H3,(H2,20,27)(H,22,24)(H,21,23,25). The molecule has 0 fully saturated rings. The Morgan fingerprint density at radius 1 is 1.07 bits per heavy atom. The molecule has 1 amide bonds. The first-order chi connectivity index (χ1) is 13.0. The third-order valence-corrected chi connectivity index (χ3v) is 4.24. The van der Waals surface area contributed by atoms with E-state index in [4.69, 9.17) is 5.73 Å². The molecule has 4 rings (SSSR count). The normalized spacial score (nSPS) is 11.4. The molecule has 0 saturated heterocycles. The smallest absolute Gasteiger partial charge is 0.248 e. The fourth-order valence-corrected chi connectivity index (χ4v) is 2.99. The molecule has 8 heteroatoms. The molecule has 4 N–H and O–H groups in total. The van der Waals surface area contributed by atoms with Gasteiger partial charge in [-0.25, -0.2) is 4.98 Å². The van der Waals surface area contributed by atoms with Crippen LogP contribution in [0.25, 0.3) is 33.5 Å². The van der Waals surface area contributed by atoms with E-state index in [1.165, 1.54) is 0 Å². The van der Waals surface area contributed by atoms with Crippen LogP contribution in [0.3, 0.4) is 0 Å². The Morgan fingerprint density at radius 2 is 1.93 bits per heavy atom. The maximum absolute atomic E-state index is 11.5. The van der Waals surface area contributed by atoms with Gasteiger partial charge in [-0.2, -0.15) is 10.2 Å². The second kappa shape index (κ2) is 6.65. The Kier molecular flexibility index (Phi) is 4.17. The van der Waals surface area contributed by atoms with Crippen molar-refractivity contribution >= 4 is 16.8 Å². The van der Waals surface area contributed by atoms with Gasteiger partial charge in [0.15, 0.2) is 5.82 Å². The lowest BCUT2D eigenvalue weighted by molar-refractivity contribution is 0.100. The predicted octanol–water partition coefficient (Wildman–Crippen LogP) is 2.18. The lowest BCUT2D eigenvalue weighted by Crippen LogP contribution is -2.11. The van der Waals surface area contributed by atoms with Crippen LogP contribution in [-0.2, 0) is 6.54 Å². The number of carbonyl (C=O) groups is 1. The Hall–Kier alpha value is -3.52. The second-order valence-electron chi connectivity index (χ2n) is 6.62. The quantitative estimate of drug-likeness (QED) is 0.504. The Balaban J connectivity index is 1.76. The van der Waals surface area contributed by atoms with Crippen molar-refractivity contribution < 1.29 is 4.79 Å². The first kappa shape index (κ1) is 16.9. The molecule has 2 aromatic carbocycles. The van der Waals surface area contributed by atoms with Crippen molar-refractivity contribution in [3.8, 4) is 22.6 Å². The van der Waals surface area contributed by atoms with Gasteiger partial charge in [0.05, 0.1) is 17.8 Å². The number of amides is 1. The monoisotopic (exact) mass is 361 g/mol. The summed E-state index contributed by atoms with van der Waals surface area (Å²) >= 11 is 0. The van der Waals surface area contributed by atoms with Crippen molar-refractivity contribution in [3.63, 3.8) is 0 Å². The molecular weight excluding hydrogens is 342 g/mol. The fourth-order valence-electron chi connectivity index (χ4n) is 2.99. The van der Waals surface area contributed by atoms with E-state index in [0.29, 0.717) is 17.9 Å². The van der Waals surface area contributed by atoms with Crippen LogP contribution in [0, 0.1) is 0 Å².